The van der Waals surface area contributed by atoms with Gasteiger partial charge in [0.2, 0.25) is 0 Å². The summed E-state index contributed by atoms with van der Waals surface area (Å²) in [7, 11) is 0. The second kappa shape index (κ2) is 5.78. The zero-order valence-electron chi connectivity index (χ0n) is 9.31. The molecule has 0 unspecified atom stereocenters. The number of rotatable bonds is 6. The van der Waals surface area contributed by atoms with Crippen molar-refractivity contribution in [3.63, 3.8) is 0 Å². The van der Waals surface area contributed by atoms with E-state index in [1.807, 2.05) is 6.07 Å². The summed E-state index contributed by atoms with van der Waals surface area (Å²) in [5.41, 5.74) is 0.992. The van der Waals surface area contributed by atoms with Crippen LogP contribution in [0.25, 0.3) is 0 Å². The van der Waals surface area contributed by atoms with Gasteiger partial charge >= 0.3 is 0 Å². The molecule has 0 radical (unpaired) electrons. The molecule has 0 spiro atoms. The van der Waals surface area contributed by atoms with Gasteiger partial charge in [-0.3, -0.25) is 0 Å². The molecule has 0 aliphatic heterocycles. The molecule has 0 bridgehead atoms. The zero-order valence-corrected chi connectivity index (χ0v) is 10.9. The third-order valence-corrected chi connectivity index (χ3v) is 3.90. The van der Waals surface area contributed by atoms with Gasteiger partial charge < -0.3 is 5.32 Å². The van der Waals surface area contributed by atoms with Crippen molar-refractivity contribution in [3.8, 4) is 0 Å². The Morgan fingerprint density at radius 3 is 2.94 bits per heavy atom. The maximum absolute atomic E-state index is 13.2. The lowest BCUT2D eigenvalue weighted by atomic mass is 10.2. The van der Waals surface area contributed by atoms with Crippen molar-refractivity contribution < 1.29 is 4.39 Å². The molecule has 16 heavy (non-hydrogen) atoms. The van der Waals surface area contributed by atoms with E-state index in [-0.39, 0.29) is 5.82 Å². The van der Waals surface area contributed by atoms with Crippen LogP contribution in [0.4, 0.5) is 4.39 Å². The van der Waals surface area contributed by atoms with E-state index in [0.29, 0.717) is 4.47 Å². The Morgan fingerprint density at radius 2 is 2.19 bits per heavy atom. The summed E-state index contributed by atoms with van der Waals surface area (Å²) in [4.78, 5) is 0. The first-order chi connectivity index (χ1) is 7.77. The van der Waals surface area contributed by atoms with Gasteiger partial charge in [0.15, 0.2) is 0 Å². The SMILES string of the molecule is Fc1cccc(CNCCCC2CC2)c1Br. The van der Waals surface area contributed by atoms with Crippen LogP contribution in [0.1, 0.15) is 31.2 Å². The van der Waals surface area contributed by atoms with Crippen molar-refractivity contribution in [1.82, 2.24) is 5.32 Å². The molecule has 1 aromatic rings. The number of nitrogens with one attached hydrogen (secondary N) is 1. The quantitative estimate of drug-likeness (QED) is 0.783. The first-order valence-corrected chi connectivity index (χ1v) is 6.70. The average molecular weight is 286 g/mol. The molecule has 0 saturated heterocycles. The lowest BCUT2D eigenvalue weighted by Gasteiger charge is -2.07. The summed E-state index contributed by atoms with van der Waals surface area (Å²) in [6.07, 6.45) is 5.43. The van der Waals surface area contributed by atoms with Crippen molar-refractivity contribution >= 4 is 15.9 Å². The molecule has 1 nitrogen and oxygen atoms in total. The lowest BCUT2D eigenvalue weighted by Crippen LogP contribution is -2.15. The number of halogens is 2. The molecule has 1 saturated carbocycles. The summed E-state index contributed by atoms with van der Waals surface area (Å²) < 4.78 is 13.8. The maximum Gasteiger partial charge on any atom is 0.137 e. The largest absolute Gasteiger partial charge is 0.313 e. The Balaban J connectivity index is 1.69. The van der Waals surface area contributed by atoms with Gasteiger partial charge in [-0.2, -0.15) is 0 Å². The minimum Gasteiger partial charge on any atom is -0.313 e. The minimum absolute atomic E-state index is 0.183. The lowest BCUT2D eigenvalue weighted by molar-refractivity contribution is 0.586. The zero-order chi connectivity index (χ0) is 11.4. The highest BCUT2D eigenvalue weighted by Crippen LogP contribution is 2.33. The second-order valence-corrected chi connectivity index (χ2v) is 5.27. The molecule has 2 rings (SSSR count). The van der Waals surface area contributed by atoms with Gasteiger partial charge in [-0.15, -0.1) is 0 Å². The van der Waals surface area contributed by atoms with E-state index in [1.165, 1.54) is 31.7 Å². The number of benzene rings is 1. The third-order valence-electron chi connectivity index (χ3n) is 3.01. The van der Waals surface area contributed by atoms with Crippen molar-refractivity contribution in [2.75, 3.05) is 6.54 Å². The molecule has 0 heterocycles. The highest BCUT2D eigenvalue weighted by atomic mass is 79.9. The smallest absolute Gasteiger partial charge is 0.137 e. The minimum atomic E-state index is -0.183. The van der Waals surface area contributed by atoms with Gasteiger partial charge in [0, 0.05) is 6.54 Å². The first kappa shape index (κ1) is 12.1. The van der Waals surface area contributed by atoms with Crippen molar-refractivity contribution in [2.24, 2.45) is 5.92 Å². The van der Waals surface area contributed by atoms with E-state index in [1.54, 1.807) is 6.07 Å². The molecular formula is C13H17BrFN. The van der Waals surface area contributed by atoms with Gasteiger partial charge in [-0.05, 0) is 52.9 Å². The van der Waals surface area contributed by atoms with Gasteiger partial charge in [0.1, 0.15) is 5.82 Å². The van der Waals surface area contributed by atoms with Crippen LogP contribution in [-0.4, -0.2) is 6.54 Å². The molecule has 88 valence electrons. The molecule has 1 aliphatic carbocycles. The van der Waals surface area contributed by atoms with Crippen LogP contribution >= 0.6 is 15.9 Å². The molecule has 0 atom stereocenters. The van der Waals surface area contributed by atoms with Crippen LogP contribution in [0.15, 0.2) is 22.7 Å². The first-order valence-electron chi connectivity index (χ1n) is 5.91. The van der Waals surface area contributed by atoms with Gasteiger partial charge in [-0.25, -0.2) is 4.39 Å². The summed E-state index contributed by atoms with van der Waals surface area (Å²) in [6.45, 7) is 1.77. The summed E-state index contributed by atoms with van der Waals surface area (Å²) >= 11 is 3.27. The fraction of sp³-hybridized carbons (Fsp3) is 0.538. The van der Waals surface area contributed by atoms with Crippen LogP contribution in [0.5, 0.6) is 0 Å². The highest BCUT2D eigenvalue weighted by molar-refractivity contribution is 9.10. The number of hydrogen-bond donors (Lipinski definition) is 1. The van der Waals surface area contributed by atoms with Crippen molar-refractivity contribution in [2.45, 2.75) is 32.2 Å². The van der Waals surface area contributed by atoms with Crippen LogP contribution in [0.2, 0.25) is 0 Å². The van der Waals surface area contributed by atoms with E-state index in [0.717, 1.165) is 24.6 Å². The summed E-state index contributed by atoms with van der Waals surface area (Å²) in [5.74, 6) is 0.819. The Morgan fingerprint density at radius 1 is 1.38 bits per heavy atom. The van der Waals surface area contributed by atoms with Gasteiger partial charge in [0.25, 0.3) is 0 Å². The van der Waals surface area contributed by atoms with Crippen LogP contribution < -0.4 is 5.32 Å². The topological polar surface area (TPSA) is 12.0 Å². The van der Waals surface area contributed by atoms with Crippen molar-refractivity contribution in [1.29, 1.82) is 0 Å². The molecular weight excluding hydrogens is 269 g/mol. The molecule has 1 aliphatic rings. The van der Waals surface area contributed by atoms with E-state index in [2.05, 4.69) is 21.2 Å². The van der Waals surface area contributed by atoms with E-state index < -0.39 is 0 Å². The average Bonchev–Trinajstić information content (AvgIpc) is 3.07. The molecule has 1 aromatic carbocycles. The molecule has 0 aromatic heterocycles. The van der Waals surface area contributed by atoms with E-state index in [4.69, 9.17) is 0 Å². The van der Waals surface area contributed by atoms with Gasteiger partial charge in [-0.1, -0.05) is 25.0 Å². The van der Waals surface area contributed by atoms with E-state index in [9.17, 15) is 4.39 Å². The van der Waals surface area contributed by atoms with E-state index >= 15 is 0 Å². The fourth-order valence-corrected chi connectivity index (χ4v) is 2.23. The summed E-state index contributed by atoms with van der Waals surface area (Å²) in [6, 6.07) is 5.17. The molecule has 0 amide bonds. The Hall–Kier alpha value is -0.410. The third kappa shape index (κ3) is 3.56. The molecule has 1 N–H and O–H groups in total. The predicted octanol–water partition coefficient (Wildman–Crippen LogP) is 3.87. The number of hydrogen-bond acceptors (Lipinski definition) is 1. The van der Waals surface area contributed by atoms with Crippen molar-refractivity contribution in [3.05, 3.63) is 34.1 Å². The standard InChI is InChI=1S/C13H17BrFN/c14-13-11(4-1-5-12(13)15)9-16-8-2-3-10-6-7-10/h1,4-5,10,16H,2-3,6-9H2. The van der Waals surface area contributed by atoms with Gasteiger partial charge in [0.05, 0.1) is 4.47 Å². The van der Waals surface area contributed by atoms with Crippen LogP contribution in [0.3, 0.4) is 0 Å². The van der Waals surface area contributed by atoms with Crippen LogP contribution in [0, 0.1) is 11.7 Å². The maximum atomic E-state index is 13.2. The monoisotopic (exact) mass is 285 g/mol. The molecule has 3 heteroatoms. The molecule has 1 fully saturated rings. The Bertz CT molecular complexity index is 350. The summed E-state index contributed by atoms with van der Waals surface area (Å²) in [5, 5.41) is 3.36. The van der Waals surface area contributed by atoms with Crippen LogP contribution in [-0.2, 0) is 6.54 Å². The fourth-order valence-electron chi connectivity index (χ4n) is 1.83. The second-order valence-electron chi connectivity index (χ2n) is 4.48. The predicted molar refractivity (Wildman–Crippen MR) is 67.8 cm³/mol. The Kier molecular flexibility index (Phi) is 4.36. The normalized spacial score (nSPS) is 15.4. The Labute approximate surface area is 105 Å². The highest BCUT2D eigenvalue weighted by Gasteiger charge is 2.19.